The van der Waals surface area contributed by atoms with Crippen molar-refractivity contribution in [1.82, 2.24) is 23.8 Å². The van der Waals surface area contributed by atoms with Crippen molar-refractivity contribution in [2.24, 2.45) is 0 Å². The van der Waals surface area contributed by atoms with Crippen molar-refractivity contribution in [3.8, 4) is 0 Å². The molecule has 4 aromatic rings. The van der Waals surface area contributed by atoms with Crippen LogP contribution in [0.2, 0.25) is 0 Å². The number of nitrogens with zero attached hydrogens (tertiary/aromatic N) is 5. The van der Waals surface area contributed by atoms with Gasteiger partial charge in [-0.05, 0) is 42.5 Å². The summed E-state index contributed by atoms with van der Waals surface area (Å²) < 4.78 is 3.68. The molecule has 4 heterocycles. The third-order valence-electron chi connectivity index (χ3n) is 6.76. The van der Waals surface area contributed by atoms with E-state index in [0.717, 1.165) is 11.1 Å². The number of aliphatic hydroxyl groups is 1. The first-order valence-corrected chi connectivity index (χ1v) is 12.1. The fourth-order valence-corrected chi connectivity index (χ4v) is 4.89. The topological polar surface area (TPSA) is 92.7 Å². The van der Waals surface area contributed by atoms with E-state index in [2.05, 4.69) is 23.8 Å². The van der Waals surface area contributed by atoms with Crippen molar-refractivity contribution in [3.63, 3.8) is 0 Å². The van der Waals surface area contributed by atoms with Gasteiger partial charge in [0, 0.05) is 31.7 Å². The van der Waals surface area contributed by atoms with Crippen molar-refractivity contribution in [1.29, 1.82) is 0 Å². The van der Waals surface area contributed by atoms with Gasteiger partial charge in [-0.1, -0.05) is 44.2 Å². The number of ketones is 1. The molecule has 1 fully saturated rings. The molecule has 1 N–H and O–H groups in total. The van der Waals surface area contributed by atoms with E-state index in [1.165, 1.54) is 0 Å². The number of pyridine rings is 1. The van der Waals surface area contributed by atoms with Crippen LogP contribution < -0.4 is 0 Å². The van der Waals surface area contributed by atoms with E-state index in [9.17, 15) is 14.7 Å². The number of aliphatic hydroxyl groups excluding tert-OH is 1. The van der Waals surface area contributed by atoms with Crippen molar-refractivity contribution >= 4 is 23.1 Å². The summed E-state index contributed by atoms with van der Waals surface area (Å²) in [5.74, 6) is -1.15. The average molecular weight is 484 g/mol. The molecule has 1 atom stereocenters. The summed E-state index contributed by atoms with van der Waals surface area (Å²) in [7, 11) is 0. The van der Waals surface area contributed by atoms with E-state index in [1.54, 1.807) is 34.9 Å². The smallest absolute Gasteiger partial charge is 0.295 e. The third-order valence-corrected chi connectivity index (χ3v) is 6.76. The van der Waals surface area contributed by atoms with Crippen LogP contribution in [-0.4, -0.2) is 47.2 Å². The predicted octanol–water partition coefficient (Wildman–Crippen LogP) is 4.47. The molecule has 1 amide bonds. The largest absolute Gasteiger partial charge is 0.505 e. The first kappa shape index (κ1) is 23.5. The van der Waals surface area contributed by atoms with Gasteiger partial charge in [-0.15, -0.1) is 0 Å². The molecule has 8 nitrogen and oxygen atoms in total. The number of benzene rings is 1. The molecule has 0 bridgehead atoms. The molecule has 5 rings (SSSR count). The van der Waals surface area contributed by atoms with Crippen LogP contribution in [-0.2, 0) is 16.1 Å². The summed E-state index contributed by atoms with van der Waals surface area (Å²) in [6, 6.07) is 12.8. The maximum atomic E-state index is 13.4. The van der Waals surface area contributed by atoms with Crippen LogP contribution >= 0.6 is 0 Å². The number of likely N-dealkylation sites (tertiary alicyclic amines) is 1. The maximum absolute atomic E-state index is 13.4. The number of imidazole rings is 2. The van der Waals surface area contributed by atoms with E-state index in [-0.39, 0.29) is 11.3 Å². The Labute approximate surface area is 209 Å². The average Bonchev–Trinajstić information content (AvgIpc) is 3.56. The van der Waals surface area contributed by atoms with Gasteiger partial charge in [0.25, 0.3) is 11.7 Å². The summed E-state index contributed by atoms with van der Waals surface area (Å²) in [6.07, 6.45) is 7.73. The molecule has 1 aromatic carbocycles. The Bertz CT molecular complexity index is 1450. The summed E-state index contributed by atoms with van der Waals surface area (Å²) in [5.41, 5.74) is 3.70. The Hall–Kier alpha value is -4.20. The molecule has 0 spiro atoms. The molecule has 184 valence electrons. The Morgan fingerprint density at radius 2 is 1.83 bits per heavy atom. The fraction of sp³-hybridized carbons (Fsp3) is 0.286. The lowest BCUT2D eigenvalue weighted by molar-refractivity contribution is -0.139. The Balaban J connectivity index is 1.60. The molecule has 8 heteroatoms. The number of carbonyl (C=O) groups is 2. The Morgan fingerprint density at radius 1 is 1.06 bits per heavy atom. The minimum absolute atomic E-state index is 0.0914. The van der Waals surface area contributed by atoms with Crippen LogP contribution in [0.15, 0.2) is 73.0 Å². The minimum Gasteiger partial charge on any atom is -0.505 e. The number of amides is 1. The first-order valence-electron chi connectivity index (χ1n) is 12.1. The molecule has 3 aromatic heterocycles. The van der Waals surface area contributed by atoms with E-state index in [4.69, 9.17) is 0 Å². The lowest BCUT2D eigenvalue weighted by atomic mass is 9.93. The molecule has 0 saturated carbocycles. The number of aromatic nitrogens is 4. The van der Waals surface area contributed by atoms with Crippen LogP contribution in [0.3, 0.4) is 0 Å². The third kappa shape index (κ3) is 4.08. The van der Waals surface area contributed by atoms with Gasteiger partial charge in [-0.25, -0.2) is 9.97 Å². The lowest BCUT2D eigenvalue weighted by Gasteiger charge is -2.25. The van der Waals surface area contributed by atoms with Crippen molar-refractivity contribution in [3.05, 3.63) is 95.5 Å². The normalized spacial score (nSPS) is 17.6. The summed E-state index contributed by atoms with van der Waals surface area (Å²) in [5, 5.41) is 11.6. The number of hydrogen-bond donors (Lipinski definition) is 1. The van der Waals surface area contributed by atoms with Crippen molar-refractivity contribution in [2.75, 3.05) is 6.54 Å². The number of aryl methyl sites for hydroxylation is 2. The van der Waals surface area contributed by atoms with Gasteiger partial charge in [0.15, 0.2) is 5.76 Å². The molecule has 1 aliphatic heterocycles. The molecule has 1 aliphatic rings. The van der Waals surface area contributed by atoms with Gasteiger partial charge in [-0.2, -0.15) is 0 Å². The highest BCUT2D eigenvalue weighted by atomic mass is 16.3. The molecule has 0 unspecified atom stereocenters. The van der Waals surface area contributed by atoms with Gasteiger partial charge in [0.05, 0.1) is 23.6 Å². The second kappa shape index (κ2) is 9.45. The maximum Gasteiger partial charge on any atom is 0.295 e. The number of hydrogen-bond acceptors (Lipinski definition) is 5. The summed E-state index contributed by atoms with van der Waals surface area (Å²) >= 11 is 0. The zero-order chi connectivity index (χ0) is 25.4. The van der Waals surface area contributed by atoms with E-state index in [1.807, 2.05) is 53.2 Å². The highest BCUT2D eigenvalue weighted by Gasteiger charge is 2.46. The highest BCUT2D eigenvalue weighted by molar-refractivity contribution is 6.46. The van der Waals surface area contributed by atoms with E-state index < -0.39 is 17.7 Å². The molecule has 36 heavy (non-hydrogen) atoms. The van der Waals surface area contributed by atoms with E-state index in [0.29, 0.717) is 42.5 Å². The zero-order valence-corrected chi connectivity index (χ0v) is 20.6. The van der Waals surface area contributed by atoms with Crippen LogP contribution in [0.5, 0.6) is 0 Å². The summed E-state index contributed by atoms with van der Waals surface area (Å²) in [4.78, 5) is 36.8. The highest BCUT2D eigenvalue weighted by Crippen LogP contribution is 2.40. The van der Waals surface area contributed by atoms with E-state index >= 15 is 0 Å². The van der Waals surface area contributed by atoms with Crippen LogP contribution in [0.1, 0.15) is 54.7 Å². The molecule has 0 radical (unpaired) electrons. The molecule has 1 saturated heterocycles. The quantitative estimate of drug-likeness (QED) is 0.238. The van der Waals surface area contributed by atoms with Crippen LogP contribution in [0, 0.1) is 6.92 Å². The minimum atomic E-state index is -0.692. The molecular weight excluding hydrogens is 454 g/mol. The monoisotopic (exact) mass is 483 g/mol. The Morgan fingerprint density at radius 3 is 2.53 bits per heavy atom. The SMILES string of the molecule is Cc1nc2ccccn2c1/C(O)=C1\C(=O)C(=O)N(CCCn2ccnc2)[C@@H]1c1ccc(C(C)C)cc1. The molecular formula is C28H29N5O3. The zero-order valence-electron chi connectivity index (χ0n) is 20.6. The van der Waals surface area contributed by atoms with Crippen LogP contribution in [0.4, 0.5) is 0 Å². The van der Waals surface area contributed by atoms with Crippen molar-refractivity contribution < 1.29 is 14.7 Å². The number of carbonyl (C=O) groups excluding carboxylic acids is 2. The number of rotatable bonds is 7. The van der Waals surface area contributed by atoms with Gasteiger partial charge in [0.2, 0.25) is 0 Å². The second-order valence-electron chi connectivity index (χ2n) is 9.44. The fourth-order valence-electron chi connectivity index (χ4n) is 4.89. The molecule has 0 aliphatic carbocycles. The Kier molecular flexibility index (Phi) is 6.18. The van der Waals surface area contributed by atoms with Crippen LogP contribution in [0.25, 0.3) is 11.4 Å². The second-order valence-corrected chi connectivity index (χ2v) is 9.44. The van der Waals surface area contributed by atoms with Crippen molar-refractivity contribution in [2.45, 2.75) is 45.7 Å². The number of fused-ring (bicyclic) bond motifs is 1. The van der Waals surface area contributed by atoms with Gasteiger partial charge in [-0.3, -0.25) is 14.0 Å². The summed E-state index contributed by atoms with van der Waals surface area (Å²) in [6.45, 7) is 7.04. The van der Waals surface area contributed by atoms with Gasteiger partial charge in [0.1, 0.15) is 11.3 Å². The number of Topliss-reactive ketones (excluding diaryl/α,β-unsaturated/α-hetero) is 1. The standard InChI is InChI=1S/C28H29N5O3/c1-18(2)20-8-10-21(11-9-20)25-23(26(34)24-19(3)30-22-7-4-5-14-32(22)24)27(35)28(36)33(25)15-6-13-31-16-12-29-17-31/h4-5,7-12,14,16-18,25,34H,6,13,15H2,1-3H3/b26-23+/t25-/m1/s1. The van der Waals surface area contributed by atoms with Gasteiger partial charge >= 0.3 is 0 Å². The van der Waals surface area contributed by atoms with Gasteiger partial charge < -0.3 is 14.6 Å². The first-order chi connectivity index (χ1) is 17.4. The lowest BCUT2D eigenvalue weighted by Crippen LogP contribution is -2.31. The predicted molar refractivity (Wildman–Crippen MR) is 136 cm³/mol.